The van der Waals surface area contributed by atoms with E-state index in [0.29, 0.717) is 24.8 Å². The Morgan fingerprint density at radius 1 is 1.11 bits per heavy atom. The summed E-state index contributed by atoms with van der Waals surface area (Å²) < 4.78 is 18.9. The minimum atomic E-state index is -0.277. The standard InChI is InChI=1S/C22H26FN3O2/c23-19-7-5-16(6-8-19)13-22(27)26-11-9-17(10-12-26)15-28-21-14-18-3-1-2-4-20(18)24-25-21/h5-8,14,17H,1-4,9-13,15H2. The summed E-state index contributed by atoms with van der Waals surface area (Å²) >= 11 is 0. The Labute approximate surface area is 164 Å². The Balaban J connectivity index is 1.23. The lowest BCUT2D eigenvalue weighted by molar-refractivity contribution is -0.132. The summed E-state index contributed by atoms with van der Waals surface area (Å²) in [6, 6.07) is 8.19. The molecule has 1 amide bonds. The highest BCUT2D eigenvalue weighted by Crippen LogP contribution is 2.23. The summed E-state index contributed by atoms with van der Waals surface area (Å²) in [5.74, 6) is 0.871. The van der Waals surface area contributed by atoms with Crippen molar-refractivity contribution in [2.45, 2.75) is 44.9 Å². The van der Waals surface area contributed by atoms with E-state index in [1.807, 2.05) is 11.0 Å². The second kappa shape index (κ2) is 8.67. The van der Waals surface area contributed by atoms with Crippen molar-refractivity contribution in [1.82, 2.24) is 15.1 Å². The number of hydrogen-bond donors (Lipinski definition) is 0. The maximum atomic E-state index is 13.0. The monoisotopic (exact) mass is 383 g/mol. The van der Waals surface area contributed by atoms with Gasteiger partial charge in [0, 0.05) is 19.2 Å². The Kier molecular flexibility index (Phi) is 5.84. The fourth-order valence-corrected chi connectivity index (χ4v) is 3.98. The number of aromatic nitrogens is 2. The van der Waals surface area contributed by atoms with Gasteiger partial charge in [-0.25, -0.2) is 4.39 Å². The minimum absolute atomic E-state index is 0.103. The minimum Gasteiger partial charge on any atom is -0.476 e. The van der Waals surface area contributed by atoms with Gasteiger partial charge in [-0.2, -0.15) is 5.10 Å². The zero-order valence-corrected chi connectivity index (χ0v) is 16.1. The van der Waals surface area contributed by atoms with E-state index >= 15 is 0 Å². The second-order valence-corrected chi connectivity index (χ2v) is 7.80. The smallest absolute Gasteiger partial charge is 0.233 e. The van der Waals surface area contributed by atoms with Crippen molar-refractivity contribution in [1.29, 1.82) is 0 Å². The molecule has 1 aliphatic carbocycles. The molecule has 4 rings (SSSR count). The first kappa shape index (κ1) is 18.8. The van der Waals surface area contributed by atoms with Gasteiger partial charge in [-0.05, 0) is 67.7 Å². The quantitative estimate of drug-likeness (QED) is 0.795. The number of likely N-dealkylation sites (tertiary alicyclic amines) is 1. The number of nitrogens with zero attached hydrogens (tertiary/aromatic N) is 3. The van der Waals surface area contributed by atoms with Crippen LogP contribution in [-0.4, -0.2) is 40.7 Å². The lowest BCUT2D eigenvalue weighted by atomic mass is 9.96. The Bertz CT molecular complexity index is 817. The van der Waals surface area contributed by atoms with Crippen LogP contribution < -0.4 is 4.74 Å². The van der Waals surface area contributed by atoms with Crippen molar-refractivity contribution in [3.05, 3.63) is 53.0 Å². The van der Waals surface area contributed by atoms with Crippen molar-refractivity contribution >= 4 is 5.91 Å². The number of halogens is 1. The van der Waals surface area contributed by atoms with E-state index in [2.05, 4.69) is 10.2 Å². The summed E-state index contributed by atoms with van der Waals surface area (Å²) in [5.41, 5.74) is 3.24. The molecule has 1 saturated heterocycles. The molecule has 0 radical (unpaired) electrons. The highest BCUT2D eigenvalue weighted by Gasteiger charge is 2.23. The van der Waals surface area contributed by atoms with E-state index in [1.54, 1.807) is 12.1 Å². The molecule has 0 atom stereocenters. The average Bonchev–Trinajstić information content (AvgIpc) is 2.74. The van der Waals surface area contributed by atoms with Crippen LogP contribution in [0.3, 0.4) is 0 Å². The second-order valence-electron chi connectivity index (χ2n) is 7.80. The van der Waals surface area contributed by atoms with Gasteiger partial charge in [0.1, 0.15) is 5.82 Å². The van der Waals surface area contributed by atoms with Crippen LogP contribution in [0.4, 0.5) is 4.39 Å². The normalized spacial score (nSPS) is 17.2. The molecule has 6 heteroatoms. The number of carbonyl (C=O) groups excluding carboxylic acids is 1. The predicted molar refractivity (Wildman–Crippen MR) is 104 cm³/mol. The number of rotatable bonds is 5. The Morgan fingerprint density at radius 2 is 1.86 bits per heavy atom. The topological polar surface area (TPSA) is 55.3 Å². The number of amides is 1. The van der Waals surface area contributed by atoms with Crippen LogP contribution in [0.25, 0.3) is 0 Å². The lowest BCUT2D eigenvalue weighted by Gasteiger charge is -2.32. The summed E-state index contributed by atoms with van der Waals surface area (Å²) in [6.45, 7) is 2.10. The number of carbonyl (C=O) groups is 1. The van der Waals surface area contributed by atoms with E-state index < -0.39 is 0 Å². The predicted octanol–water partition coefficient (Wildman–Crippen LogP) is 3.35. The third-order valence-electron chi connectivity index (χ3n) is 5.75. The van der Waals surface area contributed by atoms with Crippen molar-refractivity contribution in [3.8, 4) is 5.88 Å². The first-order chi connectivity index (χ1) is 13.7. The molecular weight excluding hydrogens is 357 g/mol. The molecule has 1 aliphatic heterocycles. The highest BCUT2D eigenvalue weighted by molar-refractivity contribution is 5.78. The van der Waals surface area contributed by atoms with E-state index in [1.165, 1.54) is 30.5 Å². The Morgan fingerprint density at radius 3 is 2.64 bits per heavy atom. The summed E-state index contributed by atoms with van der Waals surface area (Å²) in [4.78, 5) is 14.4. The molecule has 0 unspecified atom stereocenters. The van der Waals surface area contributed by atoms with Gasteiger partial charge in [0.2, 0.25) is 11.8 Å². The summed E-state index contributed by atoms with van der Waals surface area (Å²) in [7, 11) is 0. The van der Waals surface area contributed by atoms with Crippen LogP contribution in [0.15, 0.2) is 30.3 Å². The van der Waals surface area contributed by atoms with Crippen molar-refractivity contribution < 1.29 is 13.9 Å². The van der Waals surface area contributed by atoms with Gasteiger partial charge >= 0.3 is 0 Å². The fourth-order valence-electron chi connectivity index (χ4n) is 3.98. The molecule has 0 spiro atoms. The molecule has 5 nitrogen and oxygen atoms in total. The fraction of sp³-hybridized carbons (Fsp3) is 0.500. The molecule has 1 aromatic carbocycles. The zero-order chi connectivity index (χ0) is 19.3. The van der Waals surface area contributed by atoms with Gasteiger partial charge in [0.25, 0.3) is 0 Å². The number of benzene rings is 1. The molecular formula is C22H26FN3O2. The zero-order valence-electron chi connectivity index (χ0n) is 16.1. The molecule has 2 aliphatic rings. The number of piperidine rings is 1. The maximum Gasteiger partial charge on any atom is 0.233 e. The summed E-state index contributed by atoms with van der Waals surface area (Å²) in [6.07, 6.45) is 6.67. The molecule has 28 heavy (non-hydrogen) atoms. The molecule has 2 aromatic rings. The van der Waals surface area contributed by atoms with Gasteiger partial charge in [0.15, 0.2) is 0 Å². The van der Waals surface area contributed by atoms with Crippen LogP contribution in [0.2, 0.25) is 0 Å². The number of hydrogen-bond acceptors (Lipinski definition) is 4. The van der Waals surface area contributed by atoms with Crippen molar-refractivity contribution in [2.75, 3.05) is 19.7 Å². The molecule has 2 heterocycles. The van der Waals surface area contributed by atoms with E-state index in [0.717, 1.165) is 50.0 Å². The first-order valence-corrected chi connectivity index (χ1v) is 10.2. The molecule has 0 N–H and O–H groups in total. The average molecular weight is 383 g/mol. The van der Waals surface area contributed by atoms with Crippen molar-refractivity contribution in [2.24, 2.45) is 5.92 Å². The molecule has 148 valence electrons. The van der Waals surface area contributed by atoms with Crippen LogP contribution in [0.1, 0.15) is 42.5 Å². The largest absolute Gasteiger partial charge is 0.476 e. The van der Waals surface area contributed by atoms with Crippen LogP contribution >= 0.6 is 0 Å². The third-order valence-corrected chi connectivity index (χ3v) is 5.75. The molecule has 0 saturated carbocycles. The Hall–Kier alpha value is -2.50. The van der Waals surface area contributed by atoms with Crippen molar-refractivity contribution in [3.63, 3.8) is 0 Å². The third kappa shape index (κ3) is 4.66. The SMILES string of the molecule is O=C(Cc1ccc(F)cc1)N1CCC(COc2cc3c(nn2)CCCC3)CC1. The van der Waals surface area contributed by atoms with Gasteiger partial charge in [-0.1, -0.05) is 12.1 Å². The summed E-state index contributed by atoms with van der Waals surface area (Å²) in [5, 5.41) is 8.52. The number of fused-ring (bicyclic) bond motifs is 1. The van der Waals surface area contributed by atoms with Crippen LogP contribution in [0, 0.1) is 11.7 Å². The molecule has 1 fully saturated rings. The van der Waals surface area contributed by atoms with E-state index in [4.69, 9.17) is 4.74 Å². The maximum absolute atomic E-state index is 13.0. The number of aryl methyl sites for hydroxylation is 2. The van der Waals surface area contributed by atoms with Crippen LogP contribution in [-0.2, 0) is 24.1 Å². The van der Waals surface area contributed by atoms with Gasteiger partial charge in [-0.3, -0.25) is 4.79 Å². The highest BCUT2D eigenvalue weighted by atomic mass is 19.1. The first-order valence-electron chi connectivity index (χ1n) is 10.2. The van der Waals surface area contributed by atoms with E-state index in [9.17, 15) is 9.18 Å². The van der Waals surface area contributed by atoms with Crippen LogP contribution in [0.5, 0.6) is 5.88 Å². The van der Waals surface area contributed by atoms with E-state index in [-0.39, 0.29) is 11.7 Å². The van der Waals surface area contributed by atoms with Gasteiger partial charge in [0.05, 0.1) is 18.7 Å². The molecule has 1 aromatic heterocycles. The van der Waals surface area contributed by atoms with Gasteiger partial charge < -0.3 is 9.64 Å². The lowest BCUT2D eigenvalue weighted by Crippen LogP contribution is -2.40. The molecule has 0 bridgehead atoms. The number of ether oxygens (including phenoxy) is 1. The van der Waals surface area contributed by atoms with Gasteiger partial charge in [-0.15, -0.1) is 5.10 Å².